The number of amides is 1. The van der Waals surface area contributed by atoms with Crippen LogP contribution in [0.25, 0.3) is 0 Å². The number of hydrogen-bond donors (Lipinski definition) is 2. The standard InChI is InChI=1S/C11H13F2N3O2/c1-16(6-5-9(14)15-18)11(17)7-3-2-4-8(12)10(7)13/h2-4,18H,5-6H2,1H3,(H2,14,15). The van der Waals surface area contributed by atoms with Crippen molar-refractivity contribution in [3.05, 3.63) is 35.4 Å². The third-order valence-electron chi connectivity index (χ3n) is 2.36. The minimum absolute atomic E-state index is 0.0469. The van der Waals surface area contributed by atoms with E-state index >= 15 is 0 Å². The summed E-state index contributed by atoms with van der Waals surface area (Å²) in [5.41, 5.74) is 4.89. The van der Waals surface area contributed by atoms with Crippen molar-refractivity contribution in [3.63, 3.8) is 0 Å². The molecular weight excluding hydrogens is 244 g/mol. The van der Waals surface area contributed by atoms with Crippen molar-refractivity contribution in [3.8, 4) is 0 Å². The van der Waals surface area contributed by atoms with Gasteiger partial charge in [-0.15, -0.1) is 0 Å². The molecular formula is C11H13F2N3O2. The van der Waals surface area contributed by atoms with Crippen LogP contribution < -0.4 is 5.73 Å². The molecule has 1 aromatic carbocycles. The molecule has 1 rings (SSSR count). The molecule has 0 radical (unpaired) electrons. The lowest BCUT2D eigenvalue weighted by Crippen LogP contribution is -2.31. The van der Waals surface area contributed by atoms with Crippen LogP contribution in [0.1, 0.15) is 16.8 Å². The molecule has 0 aliphatic rings. The highest BCUT2D eigenvalue weighted by Gasteiger charge is 2.18. The number of carbonyl (C=O) groups is 1. The highest BCUT2D eigenvalue weighted by molar-refractivity contribution is 5.94. The number of carbonyl (C=O) groups excluding carboxylic acids is 1. The molecule has 0 saturated heterocycles. The van der Waals surface area contributed by atoms with Crippen molar-refractivity contribution in [1.29, 1.82) is 0 Å². The minimum atomic E-state index is -1.18. The molecule has 0 spiro atoms. The van der Waals surface area contributed by atoms with E-state index in [4.69, 9.17) is 10.9 Å². The topological polar surface area (TPSA) is 78.9 Å². The van der Waals surface area contributed by atoms with Gasteiger partial charge in [0.15, 0.2) is 11.6 Å². The molecule has 5 nitrogen and oxygen atoms in total. The van der Waals surface area contributed by atoms with E-state index in [2.05, 4.69) is 5.16 Å². The van der Waals surface area contributed by atoms with Gasteiger partial charge in [0.05, 0.1) is 5.56 Å². The maximum Gasteiger partial charge on any atom is 0.256 e. The highest BCUT2D eigenvalue weighted by atomic mass is 19.2. The van der Waals surface area contributed by atoms with Crippen LogP contribution in [0.5, 0.6) is 0 Å². The SMILES string of the molecule is CN(CCC(N)=NO)C(=O)c1cccc(F)c1F. The van der Waals surface area contributed by atoms with Crippen LogP contribution in [0.2, 0.25) is 0 Å². The van der Waals surface area contributed by atoms with Crippen molar-refractivity contribution < 1.29 is 18.8 Å². The first kappa shape index (κ1) is 13.9. The fourth-order valence-electron chi connectivity index (χ4n) is 1.31. The summed E-state index contributed by atoms with van der Waals surface area (Å²) in [7, 11) is 1.41. The van der Waals surface area contributed by atoms with Gasteiger partial charge in [0.1, 0.15) is 5.84 Å². The molecule has 3 N–H and O–H groups in total. The lowest BCUT2D eigenvalue weighted by molar-refractivity contribution is 0.0792. The van der Waals surface area contributed by atoms with E-state index in [1.165, 1.54) is 19.2 Å². The van der Waals surface area contributed by atoms with Crippen LogP contribution in [0, 0.1) is 11.6 Å². The molecule has 0 saturated carbocycles. The molecule has 98 valence electrons. The van der Waals surface area contributed by atoms with Crippen molar-refractivity contribution >= 4 is 11.7 Å². The quantitative estimate of drug-likeness (QED) is 0.368. The van der Waals surface area contributed by atoms with Crippen LogP contribution in [-0.2, 0) is 0 Å². The van der Waals surface area contributed by atoms with E-state index in [0.717, 1.165) is 11.0 Å². The first-order valence-corrected chi connectivity index (χ1v) is 5.13. The van der Waals surface area contributed by atoms with E-state index in [0.29, 0.717) is 0 Å². The number of nitrogens with two attached hydrogens (primary N) is 1. The molecule has 0 aromatic heterocycles. The van der Waals surface area contributed by atoms with Gasteiger partial charge >= 0.3 is 0 Å². The summed E-state index contributed by atoms with van der Waals surface area (Å²) in [5, 5.41) is 11.1. The Morgan fingerprint density at radius 3 is 2.78 bits per heavy atom. The average Bonchev–Trinajstić information content (AvgIpc) is 2.37. The van der Waals surface area contributed by atoms with Crippen LogP contribution >= 0.6 is 0 Å². The first-order valence-electron chi connectivity index (χ1n) is 5.13. The normalized spacial score (nSPS) is 11.4. The number of hydrogen-bond acceptors (Lipinski definition) is 3. The largest absolute Gasteiger partial charge is 0.409 e. The molecule has 0 fully saturated rings. The van der Waals surface area contributed by atoms with E-state index in [1.54, 1.807) is 0 Å². The van der Waals surface area contributed by atoms with Gasteiger partial charge in [-0.05, 0) is 12.1 Å². The van der Waals surface area contributed by atoms with Gasteiger partial charge in [-0.2, -0.15) is 0 Å². The second kappa shape index (κ2) is 5.95. The summed E-state index contributed by atoms with van der Waals surface area (Å²) in [5.74, 6) is -2.98. The van der Waals surface area contributed by atoms with Gasteiger partial charge in [-0.25, -0.2) is 8.78 Å². The molecule has 0 atom stereocenters. The summed E-state index contributed by atoms with van der Waals surface area (Å²) in [6.07, 6.45) is 0.135. The van der Waals surface area contributed by atoms with Gasteiger partial charge in [0, 0.05) is 20.0 Å². The monoisotopic (exact) mass is 257 g/mol. The van der Waals surface area contributed by atoms with Crippen LogP contribution in [0.15, 0.2) is 23.4 Å². The number of amidine groups is 1. The summed E-state index contributed by atoms with van der Waals surface area (Å²) in [4.78, 5) is 13.0. The third kappa shape index (κ3) is 3.16. The van der Waals surface area contributed by atoms with Gasteiger partial charge < -0.3 is 15.8 Å². The average molecular weight is 257 g/mol. The predicted molar refractivity (Wildman–Crippen MR) is 61.3 cm³/mol. The second-order valence-electron chi connectivity index (χ2n) is 3.67. The van der Waals surface area contributed by atoms with Crippen LogP contribution in [0.3, 0.4) is 0 Å². The van der Waals surface area contributed by atoms with Crippen molar-refractivity contribution in [1.82, 2.24) is 4.90 Å². The maximum atomic E-state index is 13.4. The molecule has 0 heterocycles. The fraction of sp³-hybridized carbons (Fsp3) is 0.273. The zero-order valence-electron chi connectivity index (χ0n) is 9.73. The summed E-state index contributed by atoms with van der Waals surface area (Å²) in [6, 6.07) is 3.38. The Balaban J connectivity index is 2.78. The molecule has 18 heavy (non-hydrogen) atoms. The Hall–Kier alpha value is -2.18. The molecule has 0 aliphatic carbocycles. The molecule has 7 heteroatoms. The minimum Gasteiger partial charge on any atom is -0.409 e. The van der Waals surface area contributed by atoms with Crippen LogP contribution in [0.4, 0.5) is 8.78 Å². The molecule has 0 bridgehead atoms. The molecule has 1 amide bonds. The predicted octanol–water partition coefficient (Wildman–Crippen LogP) is 1.17. The van der Waals surface area contributed by atoms with Crippen molar-refractivity contribution in [2.45, 2.75) is 6.42 Å². The second-order valence-corrected chi connectivity index (χ2v) is 3.67. The van der Waals surface area contributed by atoms with Crippen LogP contribution in [-0.4, -0.2) is 35.4 Å². The number of halogens is 2. The Bertz CT molecular complexity index is 477. The summed E-state index contributed by atoms with van der Waals surface area (Å²) in [6.45, 7) is 0.130. The zero-order valence-corrected chi connectivity index (χ0v) is 9.73. The number of benzene rings is 1. The number of oxime groups is 1. The Morgan fingerprint density at radius 2 is 2.17 bits per heavy atom. The Morgan fingerprint density at radius 1 is 1.50 bits per heavy atom. The van der Waals surface area contributed by atoms with Gasteiger partial charge in [-0.1, -0.05) is 11.2 Å². The van der Waals surface area contributed by atoms with E-state index in [1.807, 2.05) is 0 Å². The van der Waals surface area contributed by atoms with Crippen molar-refractivity contribution in [2.24, 2.45) is 10.9 Å². The van der Waals surface area contributed by atoms with Crippen molar-refractivity contribution in [2.75, 3.05) is 13.6 Å². The highest BCUT2D eigenvalue weighted by Crippen LogP contribution is 2.13. The lowest BCUT2D eigenvalue weighted by atomic mass is 10.1. The van der Waals surface area contributed by atoms with E-state index in [9.17, 15) is 13.6 Å². The zero-order chi connectivity index (χ0) is 13.7. The molecule has 1 aromatic rings. The van der Waals surface area contributed by atoms with E-state index < -0.39 is 17.5 Å². The van der Waals surface area contributed by atoms with E-state index in [-0.39, 0.29) is 24.4 Å². The summed E-state index contributed by atoms with van der Waals surface area (Å²) >= 11 is 0. The van der Waals surface area contributed by atoms with Gasteiger partial charge in [-0.3, -0.25) is 4.79 Å². The maximum absolute atomic E-state index is 13.4. The number of rotatable bonds is 4. The van der Waals surface area contributed by atoms with Gasteiger partial charge in [0.2, 0.25) is 0 Å². The Kier molecular flexibility index (Phi) is 4.59. The Labute approximate surface area is 102 Å². The number of nitrogens with zero attached hydrogens (tertiary/aromatic N) is 2. The van der Waals surface area contributed by atoms with Gasteiger partial charge in [0.25, 0.3) is 5.91 Å². The first-order chi connectivity index (χ1) is 8.47. The fourth-order valence-corrected chi connectivity index (χ4v) is 1.31. The summed E-state index contributed by atoms with van der Waals surface area (Å²) < 4.78 is 26.3. The molecule has 0 aliphatic heterocycles. The third-order valence-corrected chi connectivity index (χ3v) is 2.36. The molecule has 0 unspecified atom stereocenters. The smallest absolute Gasteiger partial charge is 0.256 e. The lowest BCUT2D eigenvalue weighted by Gasteiger charge is -2.17.